The Labute approximate surface area is 132 Å². The van der Waals surface area contributed by atoms with E-state index in [9.17, 15) is 5.11 Å². The third-order valence-electron chi connectivity index (χ3n) is 3.39. The highest BCUT2D eigenvalue weighted by Gasteiger charge is 2.16. The largest absolute Gasteiger partial charge is 0.383 e. The molecule has 1 N–H and O–H groups in total. The van der Waals surface area contributed by atoms with Gasteiger partial charge in [-0.05, 0) is 36.2 Å². The fraction of sp³-hybridized carbons (Fsp3) is 0.118. The molecular formula is C17H15BrN2O. The molecule has 106 valence electrons. The molecule has 0 saturated carbocycles. The van der Waals surface area contributed by atoms with Crippen molar-refractivity contribution < 1.29 is 5.11 Å². The highest BCUT2D eigenvalue weighted by molar-refractivity contribution is 9.10. The third kappa shape index (κ3) is 2.91. The predicted molar refractivity (Wildman–Crippen MR) is 86.5 cm³/mol. The number of hydrogen-bond acceptors (Lipinski definition) is 2. The molecule has 3 aromatic rings. The molecule has 0 amide bonds. The normalized spacial score (nSPS) is 12.3. The standard InChI is InChI=1S/C17H15BrN2O/c1-12-7-8-15(16(18)9-12)17(21)13-10-19-20(11-13)14-5-3-2-4-6-14/h2-11,17,21H,1H3. The lowest BCUT2D eigenvalue weighted by molar-refractivity contribution is 0.219. The Hall–Kier alpha value is -1.91. The lowest BCUT2D eigenvalue weighted by Gasteiger charge is -2.11. The van der Waals surface area contributed by atoms with Gasteiger partial charge in [0.1, 0.15) is 6.10 Å². The number of rotatable bonds is 3. The Bertz CT molecular complexity index is 752. The van der Waals surface area contributed by atoms with Crippen molar-refractivity contribution in [2.24, 2.45) is 0 Å². The monoisotopic (exact) mass is 342 g/mol. The van der Waals surface area contributed by atoms with Crippen LogP contribution < -0.4 is 0 Å². The predicted octanol–water partition coefficient (Wildman–Crippen LogP) is 4.02. The summed E-state index contributed by atoms with van der Waals surface area (Å²) in [5.41, 5.74) is 3.73. The zero-order valence-corrected chi connectivity index (χ0v) is 13.2. The highest BCUT2D eigenvalue weighted by atomic mass is 79.9. The summed E-state index contributed by atoms with van der Waals surface area (Å²) >= 11 is 3.51. The van der Waals surface area contributed by atoms with Gasteiger partial charge in [-0.1, -0.05) is 46.3 Å². The number of aliphatic hydroxyl groups is 1. The molecule has 0 aliphatic rings. The summed E-state index contributed by atoms with van der Waals surface area (Å²) in [4.78, 5) is 0. The topological polar surface area (TPSA) is 38.1 Å². The number of aliphatic hydroxyl groups excluding tert-OH is 1. The van der Waals surface area contributed by atoms with Gasteiger partial charge in [0, 0.05) is 16.2 Å². The van der Waals surface area contributed by atoms with Crippen LogP contribution in [0.5, 0.6) is 0 Å². The SMILES string of the molecule is Cc1ccc(C(O)c2cnn(-c3ccccc3)c2)c(Br)c1. The second-order valence-corrected chi connectivity index (χ2v) is 5.84. The van der Waals surface area contributed by atoms with Crippen molar-refractivity contribution >= 4 is 15.9 Å². The first-order valence-electron chi connectivity index (χ1n) is 6.69. The number of nitrogens with zero attached hydrogens (tertiary/aromatic N) is 2. The number of para-hydroxylation sites is 1. The van der Waals surface area contributed by atoms with Crippen molar-refractivity contribution in [1.82, 2.24) is 9.78 Å². The van der Waals surface area contributed by atoms with Gasteiger partial charge in [0.05, 0.1) is 11.9 Å². The summed E-state index contributed by atoms with van der Waals surface area (Å²) < 4.78 is 2.67. The maximum Gasteiger partial charge on any atom is 0.108 e. The van der Waals surface area contributed by atoms with Crippen LogP contribution in [0, 0.1) is 6.92 Å². The second-order valence-electron chi connectivity index (χ2n) is 4.98. The van der Waals surface area contributed by atoms with Crippen molar-refractivity contribution in [3.05, 3.63) is 82.1 Å². The Balaban J connectivity index is 1.92. The van der Waals surface area contributed by atoms with Crippen molar-refractivity contribution in [2.45, 2.75) is 13.0 Å². The van der Waals surface area contributed by atoms with Crippen molar-refractivity contribution in [3.8, 4) is 5.69 Å². The average molecular weight is 343 g/mol. The van der Waals surface area contributed by atoms with E-state index in [0.717, 1.165) is 26.9 Å². The first-order chi connectivity index (χ1) is 10.1. The Morgan fingerprint density at radius 3 is 2.62 bits per heavy atom. The van der Waals surface area contributed by atoms with E-state index in [2.05, 4.69) is 21.0 Å². The van der Waals surface area contributed by atoms with E-state index in [1.165, 1.54) is 0 Å². The summed E-state index contributed by atoms with van der Waals surface area (Å²) in [6.07, 6.45) is 2.86. The molecule has 1 atom stereocenters. The van der Waals surface area contributed by atoms with Crippen LogP contribution in [-0.4, -0.2) is 14.9 Å². The van der Waals surface area contributed by atoms with E-state index in [1.807, 2.05) is 61.7 Å². The van der Waals surface area contributed by atoms with Crippen LogP contribution in [-0.2, 0) is 0 Å². The summed E-state index contributed by atoms with van der Waals surface area (Å²) in [7, 11) is 0. The number of aromatic nitrogens is 2. The number of halogens is 1. The van der Waals surface area contributed by atoms with Gasteiger partial charge < -0.3 is 5.11 Å². The first kappa shape index (κ1) is 14.0. The van der Waals surface area contributed by atoms with E-state index >= 15 is 0 Å². The van der Waals surface area contributed by atoms with Crippen LogP contribution in [0.2, 0.25) is 0 Å². The smallest absolute Gasteiger partial charge is 0.108 e. The molecule has 3 rings (SSSR count). The van der Waals surface area contributed by atoms with E-state index in [0.29, 0.717) is 0 Å². The third-order valence-corrected chi connectivity index (χ3v) is 4.08. The van der Waals surface area contributed by atoms with Crippen LogP contribution in [0.25, 0.3) is 5.69 Å². The van der Waals surface area contributed by atoms with Gasteiger partial charge in [-0.3, -0.25) is 0 Å². The molecule has 0 spiro atoms. The Morgan fingerprint density at radius 2 is 1.90 bits per heavy atom. The molecule has 1 aromatic heterocycles. The molecule has 0 aliphatic heterocycles. The van der Waals surface area contributed by atoms with Crippen LogP contribution >= 0.6 is 15.9 Å². The molecule has 4 heteroatoms. The van der Waals surface area contributed by atoms with Crippen LogP contribution in [0.15, 0.2) is 65.4 Å². The molecule has 21 heavy (non-hydrogen) atoms. The van der Waals surface area contributed by atoms with E-state index < -0.39 is 6.10 Å². The minimum Gasteiger partial charge on any atom is -0.383 e. The van der Waals surface area contributed by atoms with Crippen LogP contribution in [0.3, 0.4) is 0 Å². The van der Waals surface area contributed by atoms with Crippen molar-refractivity contribution in [1.29, 1.82) is 0 Å². The zero-order valence-electron chi connectivity index (χ0n) is 11.6. The molecule has 0 radical (unpaired) electrons. The Kier molecular flexibility index (Phi) is 3.90. The molecule has 0 bridgehead atoms. The van der Waals surface area contributed by atoms with Gasteiger partial charge in [-0.25, -0.2) is 4.68 Å². The minimum absolute atomic E-state index is 0.697. The van der Waals surface area contributed by atoms with Gasteiger partial charge in [0.25, 0.3) is 0 Å². The fourth-order valence-corrected chi connectivity index (χ4v) is 2.94. The number of aryl methyl sites for hydroxylation is 1. The van der Waals surface area contributed by atoms with Gasteiger partial charge >= 0.3 is 0 Å². The van der Waals surface area contributed by atoms with E-state index in [4.69, 9.17) is 0 Å². The maximum absolute atomic E-state index is 10.5. The summed E-state index contributed by atoms with van der Waals surface area (Å²) in [5.74, 6) is 0. The first-order valence-corrected chi connectivity index (χ1v) is 7.48. The maximum atomic E-state index is 10.5. The summed E-state index contributed by atoms with van der Waals surface area (Å²) in [6.45, 7) is 2.02. The number of hydrogen-bond donors (Lipinski definition) is 1. The number of benzene rings is 2. The van der Waals surface area contributed by atoms with Gasteiger partial charge in [-0.15, -0.1) is 0 Å². The van der Waals surface area contributed by atoms with Gasteiger partial charge in [0.15, 0.2) is 0 Å². The molecule has 0 aliphatic carbocycles. The molecule has 1 unspecified atom stereocenters. The van der Waals surface area contributed by atoms with Crippen molar-refractivity contribution in [2.75, 3.05) is 0 Å². The lowest BCUT2D eigenvalue weighted by atomic mass is 10.0. The zero-order chi connectivity index (χ0) is 14.8. The van der Waals surface area contributed by atoms with Crippen LogP contribution in [0.4, 0.5) is 0 Å². The lowest BCUT2D eigenvalue weighted by Crippen LogP contribution is -2.00. The molecule has 2 aromatic carbocycles. The quantitative estimate of drug-likeness (QED) is 0.780. The average Bonchev–Trinajstić information content (AvgIpc) is 2.97. The minimum atomic E-state index is -0.697. The molecule has 0 saturated heterocycles. The molecule has 3 nitrogen and oxygen atoms in total. The molecular weight excluding hydrogens is 328 g/mol. The molecule has 0 fully saturated rings. The van der Waals surface area contributed by atoms with E-state index in [1.54, 1.807) is 10.9 Å². The fourth-order valence-electron chi connectivity index (χ4n) is 2.23. The summed E-state index contributed by atoms with van der Waals surface area (Å²) in [5, 5.41) is 14.9. The van der Waals surface area contributed by atoms with Gasteiger partial charge in [0.2, 0.25) is 0 Å². The highest BCUT2D eigenvalue weighted by Crippen LogP contribution is 2.29. The van der Waals surface area contributed by atoms with Crippen molar-refractivity contribution in [3.63, 3.8) is 0 Å². The Morgan fingerprint density at radius 1 is 1.14 bits per heavy atom. The second kappa shape index (κ2) is 5.84. The summed E-state index contributed by atoms with van der Waals surface area (Å²) in [6, 6.07) is 15.8. The molecule has 1 heterocycles. The van der Waals surface area contributed by atoms with E-state index in [-0.39, 0.29) is 0 Å². The van der Waals surface area contributed by atoms with Crippen LogP contribution in [0.1, 0.15) is 22.8 Å². The van der Waals surface area contributed by atoms with Gasteiger partial charge in [-0.2, -0.15) is 5.10 Å².